The van der Waals surface area contributed by atoms with Crippen molar-refractivity contribution in [3.05, 3.63) is 12.2 Å². The smallest absolute Gasteiger partial charge is 0.100 e. The standard InChI is InChI=1S/C22H43N3/c1-21(23)17-15-13-11-9-7-5-3-2-4-6-8-10-12-14-16-18-22-24-19-20-25-22/h14,16,21H,2-13,15,17-20,23H2,1H3,(H,24,25). The number of rotatable bonds is 17. The van der Waals surface area contributed by atoms with Crippen LogP contribution in [0.1, 0.15) is 103 Å². The number of nitrogens with one attached hydrogen (secondary N) is 1. The summed E-state index contributed by atoms with van der Waals surface area (Å²) in [4.78, 5) is 4.40. The predicted molar refractivity (Wildman–Crippen MR) is 112 cm³/mol. The number of nitrogens with zero attached hydrogens (tertiary/aromatic N) is 1. The number of nitrogens with two attached hydrogens (primary N) is 1. The van der Waals surface area contributed by atoms with Crippen LogP contribution in [0, 0.1) is 0 Å². The van der Waals surface area contributed by atoms with Crippen molar-refractivity contribution < 1.29 is 0 Å². The van der Waals surface area contributed by atoms with Gasteiger partial charge in [-0.3, -0.25) is 4.99 Å². The zero-order valence-corrected chi connectivity index (χ0v) is 16.8. The molecule has 3 nitrogen and oxygen atoms in total. The lowest BCUT2D eigenvalue weighted by Crippen LogP contribution is -2.17. The molecule has 1 atom stereocenters. The Morgan fingerprint density at radius 2 is 1.44 bits per heavy atom. The van der Waals surface area contributed by atoms with Crippen molar-refractivity contribution in [1.82, 2.24) is 5.32 Å². The molecule has 1 aliphatic heterocycles. The van der Waals surface area contributed by atoms with Crippen LogP contribution in [0.2, 0.25) is 0 Å². The molecule has 0 saturated carbocycles. The first-order valence-electron chi connectivity index (χ1n) is 11.0. The van der Waals surface area contributed by atoms with E-state index in [1.54, 1.807) is 0 Å². The molecule has 1 heterocycles. The topological polar surface area (TPSA) is 50.4 Å². The largest absolute Gasteiger partial charge is 0.372 e. The van der Waals surface area contributed by atoms with E-state index < -0.39 is 0 Å². The van der Waals surface area contributed by atoms with Crippen molar-refractivity contribution in [3.63, 3.8) is 0 Å². The maximum Gasteiger partial charge on any atom is 0.100 e. The molecule has 146 valence electrons. The summed E-state index contributed by atoms with van der Waals surface area (Å²) in [5.74, 6) is 1.17. The van der Waals surface area contributed by atoms with E-state index >= 15 is 0 Å². The van der Waals surface area contributed by atoms with Crippen LogP contribution < -0.4 is 11.1 Å². The van der Waals surface area contributed by atoms with E-state index in [9.17, 15) is 0 Å². The van der Waals surface area contributed by atoms with Crippen molar-refractivity contribution in [1.29, 1.82) is 0 Å². The summed E-state index contributed by atoms with van der Waals surface area (Å²) in [5, 5.41) is 3.31. The van der Waals surface area contributed by atoms with Crippen molar-refractivity contribution in [3.8, 4) is 0 Å². The molecule has 0 radical (unpaired) electrons. The normalized spacial score (nSPS) is 15.5. The zero-order chi connectivity index (χ0) is 18.0. The summed E-state index contributed by atoms with van der Waals surface area (Å²) in [5.41, 5.74) is 5.77. The minimum absolute atomic E-state index is 0.389. The summed E-state index contributed by atoms with van der Waals surface area (Å²) in [7, 11) is 0. The molecular weight excluding hydrogens is 306 g/mol. The molecule has 0 bridgehead atoms. The summed E-state index contributed by atoms with van der Waals surface area (Å²) < 4.78 is 0. The van der Waals surface area contributed by atoms with Gasteiger partial charge in [-0.25, -0.2) is 0 Å². The Balaban J connectivity index is 1.70. The molecule has 25 heavy (non-hydrogen) atoms. The molecule has 1 aliphatic rings. The summed E-state index contributed by atoms with van der Waals surface area (Å²) in [6.45, 7) is 4.09. The van der Waals surface area contributed by atoms with Gasteiger partial charge in [0.05, 0.1) is 6.54 Å². The first kappa shape index (κ1) is 22.2. The van der Waals surface area contributed by atoms with Crippen molar-refractivity contribution in [2.75, 3.05) is 13.1 Å². The maximum atomic E-state index is 5.77. The molecule has 0 aromatic rings. The van der Waals surface area contributed by atoms with Crippen LogP contribution >= 0.6 is 0 Å². The van der Waals surface area contributed by atoms with Gasteiger partial charge in [-0.1, -0.05) is 82.8 Å². The number of aliphatic imine (C=N–C) groups is 1. The fraction of sp³-hybridized carbons (Fsp3) is 0.864. The van der Waals surface area contributed by atoms with Gasteiger partial charge in [0.2, 0.25) is 0 Å². The lowest BCUT2D eigenvalue weighted by Gasteiger charge is -2.05. The van der Waals surface area contributed by atoms with E-state index in [1.165, 1.54) is 95.7 Å². The number of amidine groups is 1. The van der Waals surface area contributed by atoms with Crippen LogP contribution in [-0.2, 0) is 0 Å². The average molecular weight is 350 g/mol. The van der Waals surface area contributed by atoms with Crippen LogP contribution in [0.5, 0.6) is 0 Å². The molecule has 0 aromatic heterocycles. The van der Waals surface area contributed by atoms with Crippen LogP contribution in [0.25, 0.3) is 0 Å². The molecule has 0 fully saturated rings. The summed E-state index contributed by atoms with van der Waals surface area (Å²) in [6, 6.07) is 0.389. The van der Waals surface area contributed by atoms with Gasteiger partial charge < -0.3 is 11.1 Å². The lowest BCUT2D eigenvalue weighted by atomic mass is 10.0. The van der Waals surface area contributed by atoms with Crippen LogP contribution in [0.4, 0.5) is 0 Å². The Hall–Kier alpha value is -0.830. The van der Waals surface area contributed by atoms with Gasteiger partial charge in [-0.05, 0) is 26.2 Å². The first-order chi connectivity index (χ1) is 12.3. The maximum absolute atomic E-state index is 5.77. The van der Waals surface area contributed by atoms with Crippen molar-refractivity contribution in [2.24, 2.45) is 10.7 Å². The van der Waals surface area contributed by atoms with Gasteiger partial charge in [0.25, 0.3) is 0 Å². The van der Waals surface area contributed by atoms with Crippen LogP contribution in [0.3, 0.4) is 0 Å². The predicted octanol–water partition coefficient (Wildman–Crippen LogP) is 5.74. The average Bonchev–Trinajstić information content (AvgIpc) is 3.11. The molecule has 3 heteroatoms. The second kappa shape index (κ2) is 16.6. The highest BCUT2D eigenvalue weighted by Gasteiger charge is 2.00. The van der Waals surface area contributed by atoms with E-state index in [4.69, 9.17) is 5.73 Å². The molecule has 3 N–H and O–H groups in total. The monoisotopic (exact) mass is 349 g/mol. The number of hydrogen-bond acceptors (Lipinski definition) is 3. The Labute approximate surface area is 156 Å². The molecule has 1 rings (SSSR count). The highest BCUT2D eigenvalue weighted by molar-refractivity contribution is 5.84. The van der Waals surface area contributed by atoms with Gasteiger partial charge in [0.15, 0.2) is 0 Å². The zero-order valence-electron chi connectivity index (χ0n) is 16.8. The first-order valence-corrected chi connectivity index (χ1v) is 11.0. The van der Waals surface area contributed by atoms with E-state index in [-0.39, 0.29) is 0 Å². The lowest BCUT2D eigenvalue weighted by molar-refractivity contribution is 0.526. The quantitative estimate of drug-likeness (QED) is 0.260. The van der Waals surface area contributed by atoms with E-state index in [0.717, 1.165) is 19.5 Å². The number of hydrogen-bond donors (Lipinski definition) is 2. The molecular formula is C22H43N3. The third kappa shape index (κ3) is 15.2. The molecule has 1 unspecified atom stereocenters. The molecule has 0 amide bonds. The number of allylic oxidation sites excluding steroid dienone is 1. The van der Waals surface area contributed by atoms with Gasteiger partial charge in [0, 0.05) is 19.0 Å². The Morgan fingerprint density at radius 1 is 0.880 bits per heavy atom. The van der Waals surface area contributed by atoms with Crippen LogP contribution in [-0.4, -0.2) is 25.0 Å². The van der Waals surface area contributed by atoms with Gasteiger partial charge in [-0.2, -0.15) is 0 Å². The highest BCUT2D eigenvalue weighted by atomic mass is 15.1. The Morgan fingerprint density at radius 3 is 1.96 bits per heavy atom. The SMILES string of the molecule is CC(N)CCCCCCCCCCCCCCC=CCC1=NCCN1. The minimum Gasteiger partial charge on any atom is -0.372 e. The molecule has 0 saturated heterocycles. The van der Waals surface area contributed by atoms with E-state index in [2.05, 4.69) is 29.4 Å². The molecule has 0 spiro atoms. The fourth-order valence-corrected chi connectivity index (χ4v) is 3.39. The van der Waals surface area contributed by atoms with E-state index in [0.29, 0.717) is 6.04 Å². The summed E-state index contributed by atoms with van der Waals surface area (Å²) in [6.07, 6.45) is 24.9. The number of unbranched alkanes of at least 4 members (excludes halogenated alkanes) is 12. The second-order valence-electron chi connectivity index (χ2n) is 7.73. The fourth-order valence-electron chi connectivity index (χ4n) is 3.39. The van der Waals surface area contributed by atoms with Crippen LogP contribution in [0.15, 0.2) is 17.1 Å². The Bertz CT molecular complexity index is 347. The second-order valence-corrected chi connectivity index (χ2v) is 7.73. The van der Waals surface area contributed by atoms with Gasteiger partial charge in [0.1, 0.15) is 5.84 Å². The third-order valence-corrected chi connectivity index (χ3v) is 5.00. The van der Waals surface area contributed by atoms with Gasteiger partial charge >= 0.3 is 0 Å². The minimum atomic E-state index is 0.389. The highest BCUT2D eigenvalue weighted by Crippen LogP contribution is 2.13. The van der Waals surface area contributed by atoms with E-state index in [1.807, 2.05) is 0 Å². The Kier molecular flexibility index (Phi) is 14.8. The third-order valence-electron chi connectivity index (χ3n) is 5.00. The summed E-state index contributed by atoms with van der Waals surface area (Å²) >= 11 is 0. The molecule has 0 aliphatic carbocycles. The van der Waals surface area contributed by atoms with Gasteiger partial charge in [-0.15, -0.1) is 0 Å². The van der Waals surface area contributed by atoms with Crippen molar-refractivity contribution >= 4 is 5.84 Å². The van der Waals surface area contributed by atoms with Crippen molar-refractivity contribution in [2.45, 2.75) is 109 Å². The molecule has 0 aromatic carbocycles.